The van der Waals surface area contributed by atoms with Crippen molar-refractivity contribution in [2.24, 2.45) is 0 Å². The van der Waals surface area contributed by atoms with E-state index in [4.69, 9.17) is 4.74 Å². The fourth-order valence-electron chi connectivity index (χ4n) is 5.35. The van der Waals surface area contributed by atoms with Gasteiger partial charge in [-0.3, -0.25) is 9.80 Å². The highest BCUT2D eigenvalue weighted by Crippen LogP contribution is 2.30. The number of ether oxygens (including phenoxy) is 1. The Morgan fingerprint density at radius 1 is 0.969 bits per heavy atom. The molecule has 174 valence electrons. The van der Waals surface area contributed by atoms with Gasteiger partial charge in [-0.2, -0.15) is 0 Å². The summed E-state index contributed by atoms with van der Waals surface area (Å²) in [6.07, 6.45) is 6.84. The Balaban J connectivity index is 1.43. The molecule has 2 aliphatic rings. The SMILES string of the molecule is COc1cccc(S(=O)(=O)c2ccc(C(C)N3CCN(C4CCCCC4)[C@H](C)C3)cc2)c1. The summed E-state index contributed by atoms with van der Waals surface area (Å²) in [5, 5.41) is 0. The molecule has 2 aromatic rings. The third-order valence-electron chi connectivity index (χ3n) is 7.33. The molecule has 32 heavy (non-hydrogen) atoms. The molecule has 5 nitrogen and oxygen atoms in total. The molecule has 2 atom stereocenters. The molecule has 0 amide bonds. The second-order valence-electron chi connectivity index (χ2n) is 9.30. The van der Waals surface area contributed by atoms with E-state index < -0.39 is 9.84 Å². The normalized spacial score (nSPS) is 22.5. The summed E-state index contributed by atoms with van der Waals surface area (Å²) in [6.45, 7) is 7.83. The maximum Gasteiger partial charge on any atom is 0.206 e. The first-order valence-corrected chi connectivity index (χ1v) is 13.4. The number of hydrogen-bond donors (Lipinski definition) is 0. The zero-order valence-corrected chi connectivity index (χ0v) is 20.4. The van der Waals surface area contributed by atoms with E-state index in [0.717, 1.165) is 31.2 Å². The number of benzene rings is 2. The molecule has 0 radical (unpaired) electrons. The Morgan fingerprint density at radius 2 is 1.69 bits per heavy atom. The van der Waals surface area contributed by atoms with Crippen LogP contribution in [0.25, 0.3) is 0 Å². The first kappa shape index (κ1) is 23.3. The van der Waals surface area contributed by atoms with E-state index in [0.29, 0.717) is 16.7 Å². The van der Waals surface area contributed by atoms with Crippen molar-refractivity contribution in [3.63, 3.8) is 0 Å². The lowest BCUT2D eigenvalue weighted by Crippen LogP contribution is -2.56. The number of sulfone groups is 1. The van der Waals surface area contributed by atoms with Crippen LogP contribution in [0.5, 0.6) is 5.75 Å². The molecular weight excluding hydrogens is 420 g/mol. The van der Waals surface area contributed by atoms with Crippen LogP contribution < -0.4 is 4.74 Å². The summed E-state index contributed by atoms with van der Waals surface area (Å²) < 4.78 is 31.3. The maximum atomic E-state index is 13.0. The zero-order chi connectivity index (χ0) is 22.7. The van der Waals surface area contributed by atoms with Gasteiger partial charge in [-0.15, -0.1) is 0 Å². The van der Waals surface area contributed by atoms with Gasteiger partial charge in [0.15, 0.2) is 0 Å². The van der Waals surface area contributed by atoms with Crippen molar-refractivity contribution in [1.29, 1.82) is 0 Å². The predicted molar refractivity (Wildman–Crippen MR) is 128 cm³/mol. The maximum absolute atomic E-state index is 13.0. The van der Waals surface area contributed by atoms with Gasteiger partial charge >= 0.3 is 0 Å². The van der Waals surface area contributed by atoms with Crippen molar-refractivity contribution >= 4 is 9.84 Å². The Morgan fingerprint density at radius 3 is 2.34 bits per heavy atom. The van der Waals surface area contributed by atoms with Gasteiger partial charge in [0, 0.05) is 37.8 Å². The van der Waals surface area contributed by atoms with Crippen molar-refractivity contribution in [3.8, 4) is 5.75 Å². The lowest BCUT2D eigenvalue weighted by Gasteiger charge is -2.46. The smallest absolute Gasteiger partial charge is 0.206 e. The van der Waals surface area contributed by atoms with Gasteiger partial charge in [0.1, 0.15) is 5.75 Å². The Kier molecular flexibility index (Phi) is 7.23. The molecule has 1 heterocycles. The molecule has 0 N–H and O–H groups in total. The Hall–Kier alpha value is -1.89. The fourth-order valence-corrected chi connectivity index (χ4v) is 6.64. The molecule has 0 bridgehead atoms. The van der Waals surface area contributed by atoms with Gasteiger partial charge in [-0.25, -0.2) is 8.42 Å². The minimum atomic E-state index is -3.57. The van der Waals surface area contributed by atoms with Crippen LogP contribution in [-0.2, 0) is 9.84 Å². The Bertz CT molecular complexity index is 1000. The summed E-state index contributed by atoms with van der Waals surface area (Å²) >= 11 is 0. The van der Waals surface area contributed by atoms with Gasteiger partial charge in [-0.05, 0) is 62.6 Å². The minimum absolute atomic E-state index is 0.255. The average molecular weight is 457 g/mol. The second-order valence-corrected chi connectivity index (χ2v) is 11.3. The van der Waals surface area contributed by atoms with Crippen LogP contribution in [-0.4, -0.2) is 57.0 Å². The standard InChI is InChI=1S/C26H36N2O3S/c1-20-19-27(16-17-28(20)23-8-5-4-6-9-23)21(2)22-12-14-25(15-13-22)32(29,30)26-11-7-10-24(18-26)31-3/h7,10-15,18,20-21,23H,4-6,8-9,16-17,19H2,1-3H3/t20-,21?/m1/s1. The van der Waals surface area contributed by atoms with Gasteiger partial charge < -0.3 is 4.74 Å². The number of piperazine rings is 1. The molecule has 2 aromatic carbocycles. The second kappa shape index (κ2) is 9.94. The van der Waals surface area contributed by atoms with Gasteiger partial charge in [0.2, 0.25) is 9.84 Å². The van der Waals surface area contributed by atoms with Gasteiger partial charge in [0.25, 0.3) is 0 Å². The number of methoxy groups -OCH3 is 1. The van der Waals surface area contributed by atoms with E-state index in [1.807, 2.05) is 12.1 Å². The summed E-state index contributed by atoms with van der Waals surface area (Å²) in [6, 6.07) is 15.6. The molecule has 4 rings (SSSR count). The average Bonchev–Trinajstić information content (AvgIpc) is 2.84. The lowest BCUT2D eigenvalue weighted by molar-refractivity contribution is 0.0196. The molecule has 0 aromatic heterocycles. The van der Waals surface area contributed by atoms with Crippen LogP contribution in [0.1, 0.15) is 57.6 Å². The van der Waals surface area contributed by atoms with Crippen LogP contribution in [0.4, 0.5) is 0 Å². The van der Waals surface area contributed by atoms with Crippen LogP contribution in [0.3, 0.4) is 0 Å². The first-order chi connectivity index (χ1) is 15.4. The van der Waals surface area contributed by atoms with Crippen molar-refractivity contribution in [2.45, 2.75) is 73.9 Å². The molecule has 1 saturated heterocycles. The van der Waals surface area contributed by atoms with Crippen molar-refractivity contribution in [1.82, 2.24) is 9.80 Å². The van der Waals surface area contributed by atoms with Crippen molar-refractivity contribution in [2.75, 3.05) is 26.7 Å². The Labute approximate surface area is 193 Å². The van der Waals surface area contributed by atoms with E-state index in [-0.39, 0.29) is 10.9 Å². The number of rotatable bonds is 6. The summed E-state index contributed by atoms with van der Waals surface area (Å²) in [5.41, 5.74) is 1.16. The predicted octanol–water partition coefficient (Wildman–Crippen LogP) is 4.93. The van der Waals surface area contributed by atoms with Crippen LogP contribution >= 0.6 is 0 Å². The van der Waals surface area contributed by atoms with E-state index in [1.54, 1.807) is 36.4 Å². The quantitative estimate of drug-likeness (QED) is 0.617. The van der Waals surface area contributed by atoms with Crippen molar-refractivity contribution < 1.29 is 13.2 Å². The summed E-state index contributed by atoms with van der Waals surface area (Å²) in [4.78, 5) is 5.84. The summed E-state index contributed by atoms with van der Waals surface area (Å²) in [5.74, 6) is 0.540. The van der Waals surface area contributed by atoms with Crippen LogP contribution in [0, 0.1) is 0 Å². The molecule has 1 unspecified atom stereocenters. The van der Waals surface area contributed by atoms with E-state index in [2.05, 4.69) is 23.6 Å². The molecule has 2 fully saturated rings. The minimum Gasteiger partial charge on any atom is -0.497 e. The number of nitrogens with zero attached hydrogens (tertiary/aromatic N) is 2. The van der Waals surface area contributed by atoms with Gasteiger partial charge in [-0.1, -0.05) is 37.5 Å². The van der Waals surface area contributed by atoms with Crippen LogP contribution in [0.15, 0.2) is 58.3 Å². The van der Waals surface area contributed by atoms with E-state index in [1.165, 1.54) is 39.2 Å². The van der Waals surface area contributed by atoms with Crippen LogP contribution in [0.2, 0.25) is 0 Å². The highest BCUT2D eigenvalue weighted by molar-refractivity contribution is 7.91. The third kappa shape index (κ3) is 4.87. The monoisotopic (exact) mass is 456 g/mol. The molecule has 6 heteroatoms. The highest BCUT2D eigenvalue weighted by atomic mass is 32.2. The largest absolute Gasteiger partial charge is 0.497 e. The fraction of sp³-hybridized carbons (Fsp3) is 0.538. The topological polar surface area (TPSA) is 49.9 Å². The molecule has 1 aliphatic carbocycles. The highest BCUT2D eigenvalue weighted by Gasteiger charge is 2.32. The molecular formula is C26H36N2O3S. The first-order valence-electron chi connectivity index (χ1n) is 11.9. The lowest BCUT2D eigenvalue weighted by atomic mass is 9.92. The van der Waals surface area contributed by atoms with E-state index in [9.17, 15) is 8.42 Å². The number of hydrogen-bond acceptors (Lipinski definition) is 5. The summed E-state index contributed by atoms with van der Waals surface area (Å²) in [7, 11) is -2.03. The van der Waals surface area contributed by atoms with Gasteiger partial charge in [0.05, 0.1) is 16.9 Å². The molecule has 1 saturated carbocycles. The molecule has 1 aliphatic heterocycles. The van der Waals surface area contributed by atoms with E-state index >= 15 is 0 Å². The molecule has 0 spiro atoms. The van der Waals surface area contributed by atoms with Crippen molar-refractivity contribution in [3.05, 3.63) is 54.1 Å². The third-order valence-corrected chi connectivity index (χ3v) is 9.09. The zero-order valence-electron chi connectivity index (χ0n) is 19.5.